The number of fused-ring (bicyclic) bond motifs is 1. The van der Waals surface area contributed by atoms with Crippen molar-refractivity contribution in [2.75, 3.05) is 5.75 Å². The molecule has 2 heterocycles. The lowest BCUT2D eigenvalue weighted by molar-refractivity contribution is -0.153. The van der Waals surface area contributed by atoms with E-state index in [9.17, 15) is 24.0 Å². The van der Waals surface area contributed by atoms with E-state index >= 15 is 0 Å². The summed E-state index contributed by atoms with van der Waals surface area (Å²) < 4.78 is 16.3. The molecule has 2 atom stereocenters. The van der Waals surface area contributed by atoms with Crippen molar-refractivity contribution in [2.45, 2.75) is 37.8 Å². The first-order valence-corrected chi connectivity index (χ1v) is 14.5. The monoisotopic (exact) mass is 600 g/mol. The van der Waals surface area contributed by atoms with Crippen LogP contribution in [-0.4, -0.2) is 51.7 Å². The van der Waals surface area contributed by atoms with Gasteiger partial charge in [-0.15, -0.1) is 11.8 Å². The molecule has 0 saturated carbocycles. The fourth-order valence-corrected chi connectivity index (χ4v) is 6.20. The molecule has 2 aliphatic heterocycles. The maximum Gasteiger partial charge on any atom is 0.356 e. The van der Waals surface area contributed by atoms with E-state index in [0.717, 1.165) is 11.1 Å². The van der Waals surface area contributed by atoms with Crippen molar-refractivity contribution in [1.82, 2.24) is 4.90 Å². The number of thioether (sulfide) groups is 1. The van der Waals surface area contributed by atoms with Gasteiger partial charge in [0.25, 0.3) is 0 Å². The number of carbonyl (C=O) groups excluding carboxylic acids is 5. The molecule has 1 saturated heterocycles. The van der Waals surface area contributed by atoms with E-state index in [0.29, 0.717) is 5.57 Å². The van der Waals surface area contributed by atoms with E-state index in [1.165, 1.54) is 48.7 Å². The second kappa shape index (κ2) is 12.6. The van der Waals surface area contributed by atoms with E-state index in [-0.39, 0.29) is 34.9 Å². The molecule has 5 rings (SSSR count). The molecule has 3 aromatic rings. The zero-order valence-corrected chi connectivity index (χ0v) is 24.2. The number of hydrogen-bond acceptors (Lipinski definition) is 10. The first-order valence-electron chi connectivity index (χ1n) is 13.4. The quantitative estimate of drug-likeness (QED) is 0.166. The van der Waals surface area contributed by atoms with Gasteiger partial charge in [0, 0.05) is 31.6 Å². The molecular weight excluding hydrogens is 572 g/mol. The summed E-state index contributed by atoms with van der Waals surface area (Å²) in [5.41, 5.74) is 8.05. The van der Waals surface area contributed by atoms with Gasteiger partial charge in [-0.3, -0.25) is 24.1 Å². The maximum atomic E-state index is 13.9. The Morgan fingerprint density at radius 3 is 2.05 bits per heavy atom. The van der Waals surface area contributed by atoms with Crippen molar-refractivity contribution in [3.8, 4) is 11.5 Å². The molecule has 2 aliphatic rings. The van der Waals surface area contributed by atoms with Crippen LogP contribution in [0.15, 0.2) is 90.1 Å². The highest BCUT2D eigenvalue weighted by Gasteiger charge is 2.52. The molecule has 1 fully saturated rings. The number of Topliss-reactive ketones (excluding diaryl/α,β-unsaturated/α-hetero) is 1. The molecule has 3 aromatic carbocycles. The lowest BCUT2D eigenvalue weighted by Crippen LogP contribution is -2.68. The zero-order chi connectivity index (χ0) is 30.7. The number of benzene rings is 3. The van der Waals surface area contributed by atoms with E-state index in [1.807, 2.05) is 60.7 Å². The summed E-state index contributed by atoms with van der Waals surface area (Å²) in [5, 5.41) is -0.459. The van der Waals surface area contributed by atoms with E-state index < -0.39 is 47.1 Å². The van der Waals surface area contributed by atoms with Crippen molar-refractivity contribution < 1.29 is 38.2 Å². The minimum absolute atomic E-state index is 0.00240. The molecule has 1 amide bonds. The average molecular weight is 601 g/mol. The Balaban J connectivity index is 1.48. The highest BCUT2D eigenvalue weighted by Crippen LogP contribution is 2.42. The molecule has 10 nitrogen and oxygen atoms in total. The van der Waals surface area contributed by atoms with Crippen LogP contribution in [0.3, 0.4) is 0 Å². The second-order valence-electron chi connectivity index (χ2n) is 9.94. The smallest absolute Gasteiger partial charge is 0.356 e. The normalized spacial score (nSPS) is 17.6. The molecule has 11 heteroatoms. The van der Waals surface area contributed by atoms with Gasteiger partial charge in [-0.1, -0.05) is 60.7 Å². The lowest BCUT2D eigenvalue weighted by atomic mass is 9.98. The maximum absolute atomic E-state index is 13.9. The molecule has 0 spiro atoms. The highest BCUT2D eigenvalue weighted by molar-refractivity contribution is 8.00. The lowest BCUT2D eigenvalue weighted by Gasteiger charge is -2.48. The van der Waals surface area contributed by atoms with Gasteiger partial charge in [-0.2, -0.15) is 0 Å². The minimum Gasteiger partial charge on any atom is -0.448 e. The van der Waals surface area contributed by atoms with Gasteiger partial charge in [0.2, 0.25) is 5.91 Å². The molecule has 0 radical (unpaired) electrons. The SMILES string of the molecule is CC(=O)Oc1ccc(C(=O)CC2=C(C(=O)OC(c3ccccc3)c3ccccc3)N3C(=O)C(N)[C@@H]3SC2)cc1OC(C)=O. The Morgan fingerprint density at radius 1 is 0.884 bits per heavy atom. The Morgan fingerprint density at radius 2 is 1.47 bits per heavy atom. The van der Waals surface area contributed by atoms with Crippen LogP contribution >= 0.6 is 11.8 Å². The van der Waals surface area contributed by atoms with Gasteiger partial charge in [0.05, 0.1) is 0 Å². The Hall–Kier alpha value is -4.74. The number of ether oxygens (including phenoxy) is 3. The third kappa shape index (κ3) is 6.37. The topological polar surface area (TPSA) is 142 Å². The van der Waals surface area contributed by atoms with Crippen LogP contribution in [0.25, 0.3) is 0 Å². The summed E-state index contributed by atoms with van der Waals surface area (Å²) in [7, 11) is 0. The van der Waals surface area contributed by atoms with Crippen LogP contribution in [-0.2, 0) is 23.9 Å². The molecule has 43 heavy (non-hydrogen) atoms. The summed E-state index contributed by atoms with van der Waals surface area (Å²) in [5.74, 6) is -2.76. The second-order valence-corrected chi connectivity index (χ2v) is 11.0. The van der Waals surface area contributed by atoms with Crippen LogP contribution in [0.1, 0.15) is 47.9 Å². The van der Waals surface area contributed by atoms with Crippen molar-refractivity contribution >= 4 is 41.4 Å². The van der Waals surface area contributed by atoms with Crippen LogP contribution in [0.2, 0.25) is 0 Å². The minimum atomic E-state index is -0.774. The number of nitrogens with two attached hydrogens (primary N) is 1. The van der Waals surface area contributed by atoms with Gasteiger partial charge in [-0.05, 0) is 34.9 Å². The van der Waals surface area contributed by atoms with Crippen molar-refractivity contribution in [3.05, 3.63) is 107 Å². The zero-order valence-electron chi connectivity index (χ0n) is 23.4. The Bertz CT molecular complexity index is 1580. The average Bonchev–Trinajstić information content (AvgIpc) is 3.00. The summed E-state index contributed by atoms with van der Waals surface area (Å²) in [6.07, 6.45) is -0.991. The summed E-state index contributed by atoms with van der Waals surface area (Å²) >= 11 is 1.36. The van der Waals surface area contributed by atoms with Gasteiger partial charge < -0.3 is 19.9 Å². The third-order valence-corrected chi connectivity index (χ3v) is 8.22. The first kappa shape index (κ1) is 29.7. The number of rotatable bonds is 9. The van der Waals surface area contributed by atoms with Gasteiger partial charge in [-0.25, -0.2) is 4.79 Å². The highest BCUT2D eigenvalue weighted by atomic mass is 32.2. The van der Waals surface area contributed by atoms with E-state index in [1.54, 1.807) is 0 Å². The first-order chi connectivity index (χ1) is 20.6. The van der Waals surface area contributed by atoms with Crippen molar-refractivity contribution in [2.24, 2.45) is 5.73 Å². The van der Waals surface area contributed by atoms with Crippen LogP contribution in [0.5, 0.6) is 11.5 Å². The molecule has 0 bridgehead atoms. The predicted molar refractivity (Wildman–Crippen MR) is 157 cm³/mol. The molecule has 0 aromatic heterocycles. The van der Waals surface area contributed by atoms with E-state index in [2.05, 4.69) is 0 Å². The number of carbonyl (C=O) groups is 5. The number of nitrogens with zero attached hydrogens (tertiary/aromatic N) is 1. The molecule has 0 aliphatic carbocycles. The van der Waals surface area contributed by atoms with Crippen molar-refractivity contribution in [1.29, 1.82) is 0 Å². The number of esters is 3. The Labute approximate surface area is 251 Å². The fraction of sp³-hybridized carbons (Fsp3) is 0.219. The van der Waals surface area contributed by atoms with Gasteiger partial charge in [0.15, 0.2) is 23.4 Å². The Kier molecular flexibility index (Phi) is 8.74. The van der Waals surface area contributed by atoms with Crippen molar-refractivity contribution in [3.63, 3.8) is 0 Å². The third-order valence-electron chi connectivity index (χ3n) is 6.86. The van der Waals surface area contributed by atoms with Gasteiger partial charge in [0.1, 0.15) is 17.1 Å². The van der Waals surface area contributed by atoms with E-state index in [4.69, 9.17) is 19.9 Å². The largest absolute Gasteiger partial charge is 0.448 e. The molecule has 1 unspecified atom stereocenters. The predicted octanol–water partition coefficient (Wildman–Crippen LogP) is 3.94. The van der Waals surface area contributed by atoms with Crippen LogP contribution < -0.4 is 15.2 Å². The number of amides is 1. The number of ketones is 1. The number of hydrogen-bond donors (Lipinski definition) is 1. The summed E-state index contributed by atoms with van der Waals surface area (Å²) in [6, 6.07) is 21.7. The fourth-order valence-electron chi connectivity index (χ4n) is 4.90. The summed E-state index contributed by atoms with van der Waals surface area (Å²) in [6.45, 7) is 2.37. The molecular formula is C32H28N2O8S. The van der Waals surface area contributed by atoms with Gasteiger partial charge >= 0.3 is 17.9 Å². The van der Waals surface area contributed by atoms with Crippen LogP contribution in [0.4, 0.5) is 0 Å². The van der Waals surface area contributed by atoms with Crippen LogP contribution in [0, 0.1) is 0 Å². The number of β-lactam (4-membered cyclic amide) rings is 1. The molecule has 220 valence electrons. The standard InChI is InChI=1S/C32H28N2O8S/c1-18(35)40-25-14-13-22(16-26(25)41-19(2)36)24(37)15-23-17-43-31-27(33)30(38)34(31)28(23)32(39)42-29(20-9-5-3-6-10-20)21-11-7-4-8-12-21/h3-14,16,27,29,31H,15,17,33H2,1-2H3/t27?,31-/m0/s1. The summed E-state index contributed by atoms with van der Waals surface area (Å²) in [4.78, 5) is 64.7. The molecule has 2 N–H and O–H groups in total.